The topological polar surface area (TPSA) is 9.23 Å². The molecular weight excluding hydrogens is 376 g/mol. The van der Waals surface area contributed by atoms with Crippen molar-refractivity contribution in [2.45, 2.75) is 181 Å². The monoisotopic (exact) mass is 437 g/mol. The fraction of sp³-hybridized carbons (Fsp3) is 0.967. The summed E-state index contributed by atoms with van der Waals surface area (Å²) in [6.07, 6.45) is 37.6. The SMILES string of the molecule is CCCCCCCCCCCCCCCCCCCCCCCCCCC[CH]OCC. The van der Waals surface area contributed by atoms with Crippen molar-refractivity contribution in [3.8, 4) is 0 Å². The summed E-state index contributed by atoms with van der Waals surface area (Å²) in [6, 6.07) is 0. The molecule has 0 spiro atoms. The van der Waals surface area contributed by atoms with Gasteiger partial charge in [0.25, 0.3) is 0 Å². The van der Waals surface area contributed by atoms with Crippen molar-refractivity contribution in [3.05, 3.63) is 6.61 Å². The van der Waals surface area contributed by atoms with Crippen molar-refractivity contribution >= 4 is 0 Å². The summed E-state index contributed by atoms with van der Waals surface area (Å²) in [5, 5.41) is 0. The minimum absolute atomic E-state index is 0.819. The molecule has 0 aliphatic rings. The Balaban J connectivity index is 2.98. The summed E-state index contributed by atoms with van der Waals surface area (Å²) in [7, 11) is 0. The third-order valence-electron chi connectivity index (χ3n) is 6.71. The quantitative estimate of drug-likeness (QED) is 0.111. The van der Waals surface area contributed by atoms with Crippen molar-refractivity contribution in [1.82, 2.24) is 0 Å². The Morgan fingerprint density at radius 3 is 0.871 bits per heavy atom. The smallest absolute Gasteiger partial charge is 0.0836 e. The first-order chi connectivity index (χ1) is 15.4. The molecule has 0 rings (SSSR count). The van der Waals surface area contributed by atoms with Gasteiger partial charge in [-0.1, -0.05) is 167 Å². The molecule has 0 bridgehead atoms. The molecule has 0 unspecified atom stereocenters. The molecule has 0 aromatic carbocycles. The molecule has 1 radical (unpaired) electrons. The van der Waals surface area contributed by atoms with E-state index in [1.54, 1.807) is 0 Å². The van der Waals surface area contributed by atoms with Gasteiger partial charge in [-0.2, -0.15) is 0 Å². The van der Waals surface area contributed by atoms with Crippen LogP contribution in [0.1, 0.15) is 181 Å². The maximum atomic E-state index is 5.26. The maximum Gasteiger partial charge on any atom is 0.0836 e. The average molecular weight is 438 g/mol. The zero-order valence-corrected chi connectivity index (χ0v) is 22.1. The summed E-state index contributed by atoms with van der Waals surface area (Å²) < 4.78 is 5.26. The van der Waals surface area contributed by atoms with Gasteiger partial charge in [-0.05, 0) is 13.3 Å². The van der Waals surface area contributed by atoms with Gasteiger partial charge in [0.1, 0.15) is 0 Å². The van der Waals surface area contributed by atoms with Crippen LogP contribution >= 0.6 is 0 Å². The highest BCUT2D eigenvalue weighted by Crippen LogP contribution is 2.16. The zero-order chi connectivity index (χ0) is 22.5. The van der Waals surface area contributed by atoms with E-state index in [1.807, 2.05) is 6.61 Å². The van der Waals surface area contributed by atoms with Gasteiger partial charge < -0.3 is 4.74 Å². The van der Waals surface area contributed by atoms with E-state index in [2.05, 4.69) is 13.8 Å². The lowest BCUT2D eigenvalue weighted by atomic mass is 10.0. The lowest BCUT2D eigenvalue weighted by Crippen LogP contribution is -1.87. The van der Waals surface area contributed by atoms with Crippen LogP contribution in [0.2, 0.25) is 0 Å². The number of ether oxygens (including phenoxy) is 1. The van der Waals surface area contributed by atoms with Crippen molar-refractivity contribution < 1.29 is 4.74 Å². The third-order valence-corrected chi connectivity index (χ3v) is 6.71. The van der Waals surface area contributed by atoms with E-state index in [0.29, 0.717) is 0 Å². The van der Waals surface area contributed by atoms with Crippen LogP contribution in [0.4, 0.5) is 0 Å². The van der Waals surface area contributed by atoms with Crippen molar-refractivity contribution in [2.75, 3.05) is 6.61 Å². The molecule has 0 saturated carbocycles. The van der Waals surface area contributed by atoms with Gasteiger partial charge >= 0.3 is 0 Å². The standard InChI is InChI=1S/C30H61O/c1-3-5-6-7-8-9-10-11-12-13-14-15-16-17-18-19-20-21-22-23-24-25-26-27-28-29-30-31-4-2/h30H,3-29H2,1-2H3. The lowest BCUT2D eigenvalue weighted by molar-refractivity contribution is 0.205. The van der Waals surface area contributed by atoms with E-state index in [9.17, 15) is 0 Å². The second-order valence-corrected chi connectivity index (χ2v) is 9.90. The van der Waals surface area contributed by atoms with E-state index in [0.717, 1.165) is 13.0 Å². The van der Waals surface area contributed by atoms with Crippen LogP contribution in [0.3, 0.4) is 0 Å². The Morgan fingerprint density at radius 1 is 0.355 bits per heavy atom. The Labute approximate surface area is 198 Å². The van der Waals surface area contributed by atoms with Gasteiger partial charge in [0.05, 0.1) is 6.61 Å². The van der Waals surface area contributed by atoms with Crippen LogP contribution in [0.25, 0.3) is 0 Å². The highest BCUT2D eigenvalue weighted by molar-refractivity contribution is 4.53. The Morgan fingerprint density at radius 2 is 0.613 bits per heavy atom. The van der Waals surface area contributed by atoms with Gasteiger partial charge in [0, 0.05) is 6.61 Å². The fourth-order valence-corrected chi connectivity index (χ4v) is 4.57. The maximum absolute atomic E-state index is 5.26. The number of rotatable bonds is 28. The van der Waals surface area contributed by atoms with Gasteiger partial charge in [-0.25, -0.2) is 0 Å². The van der Waals surface area contributed by atoms with Crippen molar-refractivity contribution in [1.29, 1.82) is 0 Å². The summed E-state index contributed by atoms with van der Waals surface area (Å²) >= 11 is 0. The molecule has 0 fully saturated rings. The first kappa shape index (κ1) is 31.0. The van der Waals surface area contributed by atoms with E-state index >= 15 is 0 Å². The molecule has 31 heavy (non-hydrogen) atoms. The van der Waals surface area contributed by atoms with E-state index in [4.69, 9.17) is 4.74 Å². The van der Waals surface area contributed by atoms with Gasteiger partial charge in [-0.3, -0.25) is 0 Å². The van der Waals surface area contributed by atoms with Crippen LogP contribution in [-0.2, 0) is 4.74 Å². The van der Waals surface area contributed by atoms with E-state index in [-0.39, 0.29) is 0 Å². The first-order valence-corrected chi connectivity index (χ1v) is 14.8. The molecule has 1 nitrogen and oxygen atoms in total. The number of hydrogen-bond donors (Lipinski definition) is 0. The molecular formula is C30H61O. The molecule has 0 heterocycles. The Hall–Kier alpha value is -0.0400. The predicted octanol–water partition coefficient (Wildman–Crippen LogP) is 11.3. The Bertz CT molecular complexity index is 260. The normalized spacial score (nSPS) is 11.4. The lowest BCUT2D eigenvalue weighted by Gasteiger charge is -2.04. The van der Waals surface area contributed by atoms with Gasteiger partial charge in [-0.15, -0.1) is 0 Å². The van der Waals surface area contributed by atoms with Crippen LogP contribution in [0.5, 0.6) is 0 Å². The number of hydrogen-bond acceptors (Lipinski definition) is 1. The first-order valence-electron chi connectivity index (χ1n) is 14.8. The Kier molecular flexibility index (Phi) is 29.9. The number of unbranched alkanes of at least 4 members (excludes halogenated alkanes) is 25. The van der Waals surface area contributed by atoms with Crippen molar-refractivity contribution in [3.63, 3.8) is 0 Å². The minimum atomic E-state index is 0.819. The minimum Gasteiger partial charge on any atom is -0.376 e. The molecule has 0 aliphatic carbocycles. The van der Waals surface area contributed by atoms with Crippen molar-refractivity contribution in [2.24, 2.45) is 0 Å². The predicted molar refractivity (Wildman–Crippen MR) is 142 cm³/mol. The van der Waals surface area contributed by atoms with Crippen LogP contribution in [0, 0.1) is 6.61 Å². The summed E-state index contributed by atoms with van der Waals surface area (Å²) in [4.78, 5) is 0. The van der Waals surface area contributed by atoms with Crippen LogP contribution < -0.4 is 0 Å². The van der Waals surface area contributed by atoms with E-state index in [1.165, 1.54) is 161 Å². The second-order valence-electron chi connectivity index (χ2n) is 9.90. The fourth-order valence-electron chi connectivity index (χ4n) is 4.57. The highest BCUT2D eigenvalue weighted by atomic mass is 16.5. The molecule has 0 N–H and O–H groups in total. The molecule has 0 aromatic heterocycles. The summed E-state index contributed by atoms with van der Waals surface area (Å²) in [6.45, 7) is 7.16. The molecule has 1 heteroatoms. The second kappa shape index (κ2) is 30.0. The van der Waals surface area contributed by atoms with Gasteiger partial charge in [0.15, 0.2) is 0 Å². The third kappa shape index (κ3) is 30.0. The zero-order valence-electron chi connectivity index (χ0n) is 22.1. The van der Waals surface area contributed by atoms with E-state index < -0.39 is 0 Å². The highest BCUT2D eigenvalue weighted by Gasteiger charge is 1.96. The van der Waals surface area contributed by atoms with Crippen LogP contribution in [-0.4, -0.2) is 6.61 Å². The summed E-state index contributed by atoms with van der Waals surface area (Å²) in [5.74, 6) is 0. The molecule has 0 aromatic rings. The summed E-state index contributed by atoms with van der Waals surface area (Å²) in [5.41, 5.74) is 0. The molecule has 0 saturated heterocycles. The average Bonchev–Trinajstić information content (AvgIpc) is 2.78. The van der Waals surface area contributed by atoms with Crippen LogP contribution in [0.15, 0.2) is 0 Å². The molecule has 0 amide bonds. The molecule has 0 atom stereocenters. The largest absolute Gasteiger partial charge is 0.376 e. The molecule has 0 aliphatic heterocycles. The molecule has 187 valence electrons. The van der Waals surface area contributed by atoms with Gasteiger partial charge in [0.2, 0.25) is 0 Å².